The van der Waals surface area contributed by atoms with E-state index in [0.29, 0.717) is 36.7 Å². The minimum atomic E-state index is -0.132. The summed E-state index contributed by atoms with van der Waals surface area (Å²) < 4.78 is 13.5. The van der Waals surface area contributed by atoms with Gasteiger partial charge in [0.05, 0.1) is 0 Å². The van der Waals surface area contributed by atoms with E-state index in [-0.39, 0.29) is 11.7 Å². The Kier molecular flexibility index (Phi) is 4.53. The van der Waals surface area contributed by atoms with E-state index < -0.39 is 0 Å². The van der Waals surface area contributed by atoms with Crippen molar-refractivity contribution in [2.75, 3.05) is 6.54 Å². The predicted molar refractivity (Wildman–Crippen MR) is 73.4 cm³/mol. The molecule has 104 valence electrons. The zero-order chi connectivity index (χ0) is 13.8. The number of benzene rings is 1. The number of rotatable bonds is 6. The smallest absolute Gasteiger partial charge is 0.221 e. The number of hydrogen-bond donors (Lipinski definition) is 2. The summed E-state index contributed by atoms with van der Waals surface area (Å²) in [6.07, 6.45) is 2.73. The third-order valence-electron chi connectivity index (χ3n) is 3.30. The standard InChI is InChI=1S/C15H21FN2O/c1-10-7-12(8-11(2)15(10)16)9-17-6-5-14(19)18-13-3-4-13/h7-8,13,17H,3-6,9H2,1-2H3,(H,18,19). The molecule has 1 aromatic carbocycles. The van der Waals surface area contributed by atoms with Gasteiger partial charge in [-0.1, -0.05) is 12.1 Å². The Morgan fingerprint density at radius 1 is 1.32 bits per heavy atom. The van der Waals surface area contributed by atoms with E-state index in [1.807, 2.05) is 12.1 Å². The van der Waals surface area contributed by atoms with E-state index in [9.17, 15) is 9.18 Å². The topological polar surface area (TPSA) is 41.1 Å². The van der Waals surface area contributed by atoms with Gasteiger partial charge in [0.1, 0.15) is 5.82 Å². The minimum Gasteiger partial charge on any atom is -0.353 e. The van der Waals surface area contributed by atoms with Crippen molar-refractivity contribution < 1.29 is 9.18 Å². The number of aryl methyl sites for hydroxylation is 2. The summed E-state index contributed by atoms with van der Waals surface area (Å²) in [5.41, 5.74) is 2.39. The van der Waals surface area contributed by atoms with Gasteiger partial charge < -0.3 is 10.6 Å². The summed E-state index contributed by atoms with van der Waals surface area (Å²) in [4.78, 5) is 11.5. The lowest BCUT2D eigenvalue weighted by Crippen LogP contribution is -2.29. The van der Waals surface area contributed by atoms with Crippen molar-refractivity contribution in [3.05, 3.63) is 34.6 Å². The maximum atomic E-state index is 13.5. The lowest BCUT2D eigenvalue weighted by atomic mass is 10.1. The molecule has 0 unspecified atom stereocenters. The van der Waals surface area contributed by atoms with Crippen molar-refractivity contribution in [3.8, 4) is 0 Å². The van der Waals surface area contributed by atoms with Gasteiger partial charge in [-0.25, -0.2) is 4.39 Å². The maximum absolute atomic E-state index is 13.5. The molecule has 1 saturated carbocycles. The van der Waals surface area contributed by atoms with Gasteiger partial charge in [-0.15, -0.1) is 0 Å². The van der Waals surface area contributed by atoms with E-state index in [4.69, 9.17) is 0 Å². The molecule has 1 aromatic rings. The molecular formula is C15H21FN2O. The van der Waals surface area contributed by atoms with E-state index in [1.54, 1.807) is 13.8 Å². The van der Waals surface area contributed by atoms with E-state index in [1.165, 1.54) is 0 Å². The first kappa shape index (κ1) is 14.0. The summed E-state index contributed by atoms with van der Waals surface area (Å²) in [6.45, 7) is 4.86. The molecule has 3 nitrogen and oxygen atoms in total. The van der Waals surface area contributed by atoms with Crippen LogP contribution in [0.5, 0.6) is 0 Å². The van der Waals surface area contributed by atoms with Crippen molar-refractivity contribution >= 4 is 5.91 Å². The van der Waals surface area contributed by atoms with Gasteiger partial charge in [-0.05, 0) is 43.4 Å². The van der Waals surface area contributed by atoms with Gasteiger partial charge in [0.25, 0.3) is 0 Å². The third kappa shape index (κ3) is 4.31. The van der Waals surface area contributed by atoms with Gasteiger partial charge in [0.15, 0.2) is 0 Å². The van der Waals surface area contributed by atoms with E-state index >= 15 is 0 Å². The van der Waals surface area contributed by atoms with Crippen LogP contribution in [0.3, 0.4) is 0 Å². The Morgan fingerprint density at radius 2 is 1.95 bits per heavy atom. The highest BCUT2D eigenvalue weighted by Crippen LogP contribution is 2.18. The fraction of sp³-hybridized carbons (Fsp3) is 0.533. The highest BCUT2D eigenvalue weighted by atomic mass is 19.1. The van der Waals surface area contributed by atoms with Crippen LogP contribution < -0.4 is 10.6 Å². The van der Waals surface area contributed by atoms with Gasteiger partial charge in [0, 0.05) is 25.6 Å². The van der Waals surface area contributed by atoms with Crippen molar-refractivity contribution in [3.63, 3.8) is 0 Å². The molecule has 4 heteroatoms. The fourth-order valence-corrected chi connectivity index (χ4v) is 2.10. The Bertz CT molecular complexity index is 446. The first-order chi connectivity index (χ1) is 9.06. The van der Waals surface area contributed by atoms with Gasteiger partial charge in [-0.2, -0.15) is 0 Å². The lowest BCUT2D eigenvalue weighted by molar-refractivity contribution is -0.121. The highest BCUT2D eigenvalue weighted by Gasteiger charge is 2.22. The molecule has 1 amide bonds. The SMILES string of the molecule is Cc1cc(CNCCC(=O)NC2CC2)cc(C)c1F. The normalized spacial score (nSPS) is 14.5. The molecule has 19 heavy (non-hydrogen) atoms. The van der Waals surface area contributed by atoms with Crippen LogP contribution in [-0.4, -0.2) is 18.5 Å². The molecule has 0 radical (unpaired) electrons. The fourth-order valence-electron chi connectivity index (χ4n) is 2.10. The van der Waals surface area contributed by atoms with E-state index in [2.05, 4.69) is 10.6 Å². The molecule has 0 saturated heterocycles. The highest BCUT2D eigenvalue weighted by molar-refractivity contribution is 5.76. The first-order valence-electron chi connectivity index (χ1n) is 6.82. The van der Waals surface area contributed by atoms with Crippen LogP contribution in [0.4, 0.5) is 4.39 Å². The molecular weight excluding hydrogens is 243 g/mol. The van der Waals surface area contributed by atoms with Crippen LogP contribution in [0.1, 0.15) is 36.0 Å². The maximum Gasteiger partial charge on any atom is 0.221 e. The molecule has 0 aromatic heterocycles. The Balaban J connectivity index is 1.71. The summed E-state index contributed by atoms with van der Waals surface area (Å²) in [5, 5.41) is 6.17. The summed E-state index contributed by atoms with van der Waals surface area (Å²) in [5.74, 6) is -0.0194. The largest absolute Gasteiger partial charge is 0.353 e. The zero-order valence-electron chi connectivity index (χ0n) is 11.6. The lowest BCUT2D eigenvalue weighted by Gasteiger charge is -2.08. The number of amides is 1. The van der Waals surface area contributed by atoms with Crippen molar-refractivity contribution in [1.82, 2.24) is 10.6 Å². The average molecular weight is 264 g/mol. The number of carbonyl (C=O) groups is 1. The van der Waals surface area contributed by atoms with Crippen molar-refractivity contribution in [1.29, 1.82) is 0 Å². The minimum absolute atomic E-state index is 0.112. The number of carbonyl (C=O) groups excluding carboxylic acids is 1. The van der Waals surface area contributed by atoms with Crippen LogP contribution >= 0.6 is 0 Å². The van der Waals surface area contributed by atoms with Gasteiger partial charge in [0.2, 0.25) is 5.91 Å². The molecule has 1 aliphatic rings. The molecule has 2 rings (SSSR count). The molecule has 0 heterocycles. The Hall–Kier alpha value is -1.42. The molecule has 1 aliphatic carbocycles. The molecule has 0 atom stereocenters. The quantitative estimate of drug-likeness (QED) is 0.773. The molecule has 2 N–H and O–H groups in total. The summed E-state index contributed by atoms with van der Waals surface area (Å²) in [6, 6.07) is 4.12. The predicted octanol–water partition coefficient (Wildman–Crippen LogP) is 2.20. The summed E-state index contributed by atoms with van der Waals surface area (Å²) >= 11 is 0. The van der Waals surface area contributed by atoms with Crippen LogP contribution in [0, 0.1) is 19.7 Å². The molecule has 0 spiro atoms. The Morgan fingerprint density at radius 3 is 2.53 bits per heavy atom. The zero-order valence-corrected chi connectivity index (χ0v) is 11.6. The van der Waals surface area contributed by atoms with Gasteiger partial charge >= 0.3 is 0 Å². The first-order valence-corrected chi connectivity index (χ1v) is 6.82. The van der Waals surface area contributed by atoms with Crippen molar-refractivity contribution in [2.24, 2.45) is 0 Å². The average Bonchev–Trinajstić information content (AvgIpc) is 3.15. The Labute approximate surface area is 113 Å². The summed E-state index contributed by atoms with van der Waals surface area (Å²) in [7, 11) is 0. The number of halogens is 1. The second-order valence-corrected chi connectivity index (χ2v) is 5.31. The monoisotopic (exact) mass is 264 g/mol. The van der Waals surface area contributed by atoms with E-state index in [0.717, 1.165) is 18.4 Å². The second-order valence-electron chi connectivity index (χ2n) is 5.31. The van der Waals surface area contributed by atoms with Crippen LogP contribution in [0.15, 0.2) is 12.1 Å². The molecule has 0 bridgehead atoms. The van der Waals surface area contributed by atoms with Gasteiger partial charge in [-0.3, -0.25) is 4.79 Å². The van der Waals surface area contributed by atoms with Crippen LogP contribution in [-0.2, 0) is 11.3 Å². The molecule has 0 aliphatic heterocycles. The molecule has 1 fully saturated rings. The third-order valence-corrected chi connectivity index (χ3v) is 3.30. The number of hydrogen-bond acceptors (Lipinski definition) is 2. The van der Waals surface area contributed by atoms with Crippen LogP contribution in [0.2, 0.25) is 0 Å². The second kappa shape index (κ2) is 6.15. The number of nitrogens with one attached hydrogen (secondary N) is 2. The van der Waals surface area contributed by atoms with Crippen molar-refractivity contribution in [2.45, 2.75) is 45.7 Å². The van der Waals surface area contributed by atoms with Crippen LogP contribution in [0.25, 0.3) is 0 Å².